The van der Waals surface area contributed by atoms with Gasteiger partial charge in [-0.2, -0.15) is 0 Å². The molecule has 0 aliphatic rings. The Morgan fingerprint density at radius 3 is 0.891 bits per heavy atom. The lowest BCUT2D eigenvalue weighted by Gasteiger charge is -2.07. The van der Waals surface area contributed by atoms with Crippen LogP contribution in [0.15, 0.2) is 60.7 Å². The minimum atomic E-state index is 0.0421. The lowest BCUT2D eigenvalue weighted by Crippen LogP contribution is -2.13. The normalized spacial score (nSPS) is 11.0. The van der Waals surface area contributed by atoms with Crippen molar-refractivity contribution in [2.75, 3.05) is 126 Å². The second-order valence-corrected chi connectivity index (χ2v) is 9.70. The zero-order valence-electron chi connectivity index (χ0n) is 27.9. The van der Waals surface area contributed by atoms with Crippen LogP contribution < -0.4 is 0 Å². The van der Waals surface area contributed by atoms with Gasteiger partial charge in [-0.15, -0.1) is 0 Å². The summed E-state index contributed by atoms with van der Waals surface area (Å²) >= 11 is 0. The second-order valence-electron chi connectivity index (χ2n) is 9.70. The van der Waals surface area contributed by atoms with Crippen molar-refractivity contribution in [3.05, 3.63) is 71.8 Å². The number of benzene rings is 2. The van der Waals surface area contributed by atoms with Crippen LogP contribution in [0.2, 0.25) is 0 Å². The van der Waals surface area contributed by atoms with Gasteiger partial charge < -0.3 is 52.5 Å². The number of aliphatic hydroxyl groups excluding tert-OH is 1. The van der Waals surface area contributed by atoms with E-state index in [9.17, 15) is 0 Å². The first-order chi connectivity index (χ1) is 22.9. The molecule has 2 rings (SSSR count). The van der Waals surface area contributed by atoms with E-state index in [0.29, 0.717) is 126 Å². The third-order valence-corrected chi connectivity index (χ3v) is 5.78. The predicted molar refractivity (Wildman–Crippen MR) is 176 cm³/mol. The van der Waals surface area contributed by atoms with E-state index in [1.54, 1.807) is 0 Å². The Morgan fingerprint density at radius 2 is 0.609 bits per heavy atom. The summed E-state index contributed by atoms with van der Waals surface area (Å²) in [7, 11) is 0. The summed E-state index contributed by atoms with van der Waals surface area (Å²) in [5.41, 5.74) is 2.34. The van der Waals surface area contributed by atoms with Gasteiger partial charge in [0, 0.05) is 6.61 Å². The maximum absolute atomic E-state index is 8.50. The maximum atomic E-state index is 8.50. The van der Waals surface area contributed by atoms with E-state index in [2.05, 4.69) is 6.92 Å². The summed E-state index contributed by atoms with van der Waals surface area (Å²) in [6.07, 6.45) is 1.04. The highest BCUT2D eigenvalue weighted by molar-refractivity contribution is 5.14. The molecule has 2 aromatic rings. The van der Waals surface area contributed by atoms with E-state index in [0.717, 1.165) is 18.6 Å². The highest BCUT2D eigenvalue weighted by atomic mass is 16.6. The standard InChI is InChI=1S/C18H30O5.C17H28O6/c1-2-8-19-9-10-20-11-12-21-13-14-22-15-16-23-17-18-6-4-3-5-7-18;18-6-7-19-8-9-20-10-11-21-12-13-22-14-15-23-16-17-4-2-1-3-5-17/h3-7H,2,8-17H2,1H3;1-5,18H,6-16H2. The molecule has 11 heteroatoms. The maximum Gasteiger partial charge on any atom is 0.0718 e. The highest BCUT2D eigenvalue weighted by Gasteiger charge is 1.96. The van der Waals surface area contributed by atoms with Gasteiger partial charge in [0.1, 0.15) is 0 Å². The van der Waals surface area contributed by atoms with Crippen molar-refractivity contribution in [1.29, 1.82) is 0 Å². The van der Waals surface area contributed by atoms with Crippen molar-refractivity contribution in [3.63, 3.8) is 0 Å². The third-order valence-electron chi connectivity index (χ3n) is 5.78. The molecule has 0 fully saturated rings. The molecule has 46 heavy (non-hydrogen) atoms. The number of rotatable bonds is 32. The van der Waals surface area contributed by atoms with Crippen molar-refractivity contribution in [3.8, 4) is 0 Å². The molecule has 0 atom stereocenters. The Bertz CT molecular complexity index is 760. The van der Waals surface area contributed by atoms with Crippen molar-refractivity contribution >= 4 is 0 Å². The first-order valence-corrected chi connectivity index (χ1v) is 16.3. The SMILES string of the molecule is CCCOCCOCCOCCOCCOCc1ccccc1.OCCOCCOCCOCCOCCOCc1ccccc1. The first-order valence-electron chi connectivity index (χ1n) is 16.3. The molecule has 1 N–H and O–H groups in total. The summed E-state index contributed by atoms with van der Waals surface area (Å²) in [6.45, 7) is 13.6. The molecule has 0 aliphatic heterocycles. The average Bonchev–Trinajstić information content (AvgIpc) is 3.09. The molecule has 0 aromatic heterocycles. The molecule has 0 saturated heterocycles. The molecule has 0 saturated carbocycles. The van der Waals surface area contributed by atoms with Gasteiger partial charge in [0.15, 0.2) is 0 Å². The van der Waals surface area contributed by atoms with Crippen molar-refractivity contribution in [1.82, 2.24) is 0 Å². The largest absolute Gasteiger partial charge is 0.394 e. The number of aliphatic hydroxyl groups is 1. The van der Waals surface area contributed by atoms with Crippen LogP contribution >= 0.6 is 0 Å². The van der Waals surface area contributed by atoms with Crippen molar-refractivity contribution in [2.24, 2.45) is 0 Å². The average molecular weight is 655 g/mol. The van der Waals surface area contributed by atoms with Gasteiger partial charge in [-0.05, 0) is 17.5 Å². The molecule has 0 amide bonds. The molecular formula is C35H58O11. The fourth-order valence-corrected chi connectivity index (χ4v) is 3.50. The Labute approximate surface area is 276 Å². The van der Waals surface area contributed by atoms with Gasteiger partial charge in [-0.3, -0.25) is 0 Å². The molecule has 0 unspecified atom stereocenters. The smallest absolute Gasteiger partial charge is 0.0718 e. The number of hydrogen-bond donors (Lipinski definition) is 1. The fraction of sp³-hybridized carbons (Fsp3) is 0.657. The van der Waals surface area contributed by atoms with Gasteiger partial charge in [0.2, 0.25) is 0 Å². The molecule has 264 valence electrons. The Morgan fingerprint density at radius 1 is 0.348 bits per heavy atom. The van der Waals surface area contributed by atoms with E-state index >= 15 is 0 Å². The Kier molecular flexibility index (Phi) is 32.7. The van der Waals surface area contributed by atoms with Gasteiger partial charge in [-0.1, -0.05) is 67.6 Å². The topological polar surface area (TPSA) is 113 Å². The lowest BCUT2D eigenvalue weighted by molar-refractivity contribution is -0.0145. The summed E-state index contributed by atoms with van der Waals surface area (Å²) in [5.74, 6) is 0. The summed E-state index contributed by atoms with van der Waals surface area (Å²) in [6, 6.07) is 20.2. The van der Waals surface area contributed by atoms with Crippen LogP contribution in [0.5, 0.6) is 0 Å². The van der Waals surface area contributed by atoms with Crippen LogP contribution in [-0.4, -0.2) is 131 Å². The van der Waals surface area contributed by atoms with Gasteiger partial charge in [0.25, 0.3) is 0 Å². The van der Waals surface area contributed by atoms with Crippen LogP contribution in [0.25, 0.3) is 0 Å². The van der Waals surface area contributed by atoms with E-state index < -0.39 is 0 Å². The molecule has 0 bridgehead atoms. The van der Waals surface area contributed by atoms with E-state index in [1.165, 1.54) is 5.56 Å². The van der Waals surface area contributed by atoms with Crippen LogP contribution in [0.4, 0.5) is 0 Å². The van der Waals surface area contributed by atoms with Gasteiger partial charge in [0.05, 0.1) is 132 Å². The predicted octanol–water partition coefficient (Wildman–Crippen LogP) is 3.94. The number of ether oxygens (including phenoxy) is 10. The van der Waals surface area contributed by atoms with Crippen LogP contribution in [0, 0.1) is 0 Å². The Balaban J connectivity index is 0.000000460. The van der Waals surface area contributed by atoms with Gasteiger partial charge >= 0.3 is 0 Å². The molecule has 2 aromatic carbocycles. The molecule has 0 heterocycles. The van der Waals surface area contributed by atoms with E-state index in [4.69, 9.17) is 52.5 Å². The third kappa shape index (κ3) is 30.6. The fourth-order valence-electron chi connectivity index (χ4n) is 3.50. The molecule has 11 nitrogen and oxygen atoms in total. The monoisotopic (exact) mass is 654 g/mol. The lowest BCUT2D eigenvalue weighted by atomic mass is 10.2. The minimum Gasteiger partial charge on any atom is -0.394 e. The molecule has 0 spiro atoms. The van der Waals surface area contributed by atoms with Crippen molar-refractivity contribution < 1.29 is 52.5 Å². The summed E-state index contributed by atoms with van der Waals surface area (Å²) in [4.78, 5) is 0. The van der Waals surface area contributed by atoms with Crippen LogP contribution in [-0.2, 0) is 60.6 Å². The molecule has 0 radical (unpaired) electrons. The summed E-state index contributed by atoms with van der Waals surface area (Å²) < 4.78 is 53.7. The molecule has 0 aliphatic carbocycles. The van der Waals surface area contributed by atoms with Crippen molar-refractivity contribution in [2.45, 2.75) is 26.6 Å². The van der Waals surface area contributed by atoms with Crippen LogP contribution in [0.1, 0.15) is 24.5 Å². The van der Waals surface area contributed by atoms with E-state index in [1.807, 2.05) is 60.7 Å². The highest BCUT2D eigenvalue weighted by Crippen LogP contribution is 2.01. The van der Waals surface area contributed by atoms with Crippen LogP contribution in [0.3, 0.4) is 0 Å². The first kappa shape index (κ1) is 42.0. The summed E-state index contributed by atoms with van der Waals surface area (Å²) in [5, 5.41) is 8.50. The zero-order valence-corrected chi connectivity index (χ0v) is 27.9. The second kappa shape index (κ2) is 35.8. The molecular weight excluding hydrogens is 596 g/mol. The minimum absolute atomic E-state index is 0.0421. The quantitative estimate of drug-likeness (QED) is 0.116. The van der Waals surface area contributed by atoms with Gasteiger partial charge in [-0.25, -0.2) is 0 Å². The number of hydrogen-bond acceptors (Lipinski definition) is 11. The zero-order chi connectivity index (χ0) is 32.9. The Hall–Kier alpha value is -2.00. The van der Waals surface area contributed by atoms with E-state index in [-0.39, 0.29) is 6.61 Å².